The monoisotopic (exact) mass is 208 g/mol. The van der Waals surface area contributed by atoms with Crippen LogP contribution < -0.4 is 0 Å². The molecule has 0 aliphatic carbocycles. The number of rotatable bonds is 6. The number of benzene rings is 1. The minimum Gasteiger partial charge on any atom is -0.388 e. The molecule has 0 saturated heterocycles. The van der Waals surface area contributed by atoms with Crippen molar-refractivity contribution in [2.45, 2.75) is 32.3 Å². The Balaban J connectivity index is 2.52. The predicted molar refractivity (Wildman–Crippen MR) is 61.9 cm³/mol. The van der Waals surface area contributed by atoms with Crippen molar-refractivity contribution in [1.82, 2.24) is 0 Å². The molecule has 0 radical (unpaired) electrons. The first-order valence-electron chi connectivity index (χ1n) is 5.53. The second kappa shape index (κ2) is 6.59. The first kappa shape index (κ1) is 12.2. The molecular formula is C13H20O2. The van der Waals surface area contributed by atoms with Gasteiger partial charge in [0.1, 0.15) is 0 Å². The third kappa shape index (κ3) is 4.02. The molecule has 0 amide bonds. The van der Waals surface area contributed by atoms with Crippen LogP contribution in [-0.4, -0.2) is 18.8 Å². The number of hydrogen-bond acceptors (Lipinski definition) is 2. The normalized spacial score (nSPS) is 12.7. The van der Waals surface area contributed by atoms with Gasteiger partial charge in [-0.15, -0.1) is 0 Å². The molecule has 2 nitrogen and oxygen atoms in total. The van der Waals surface area contributed by atoms with Crippen molar-refractivity contribution in [1.29, 1.82) is 0 Å². The van der Waals surface area contributed by atoms with Crippen molar-refractivity contribution in [3.8, 4) is 0 Å². The highest BCUT2D eigenvalue weighted by Crippen LogP contribution is 2.19. The highest BCUT2D eigenvalue weighted by molar-refractivity contribution is 5.25. The van der Waals surface area contributed by atoms with E-state index in [-0.39, 0.29) is 6.10 Å². The molecule has 1 rings (SSSR count). The summed E-state index contributed by atoms with van der Waals surface area (Å²) in [6, 6.07) is 8.16. The molecule has 2 heteroatoms. The highest BCUT2D eigenvalue weighted by atomic mass is 16.5. The second-order valence-electron chi connectivity index (χ2n) is 3.75. The van der Waals surface area contributed by atoms with E-state index in [0.29, 0.717) is 6.61 Å². The maximum Gasteiger partial charge on any atom is 0.0791 e. The summed E-state index contributed by atoms with van der Waals surface area (Å²) >= 11 is 0. The van der Waals surface area contributed by atoms with Gasteiger partial charge in [0.05, 0.1) is 6.10 Å². The van der Waals surface area contributed by atoms with E-state index in [2.05, 4.69) is 19.1 Å². The van der Waals surface area contributed by atoms with E-state index in [1.54, 1.807) is 7.11 Å². The molecular weight excluding hydrogens is 188 g/mol. The minimum absolute atomic E-state index is 0.355. The quantitative estimate of drug-likeness (QED) is 0.728. The zero-order valence-corrected chi connectivity index (χ0v) is 9.57. The van der Waals surface area contributed by atoms with Gasteiger partial charge in [-0.25, -0.2) is 0 Å². The molecule has 0 bridgehead atoms. The van der Waals surface area contributed by atoms with Crippen molar-refractivity contribution >= 4 is 0 Å². The Kier molecular flexibility index (Phi) is 5.37. The lowest BCUT2D eigenvalue weighted by molar-refractivity contribution is 0.136. The number of methoxy groups -OCH3 is 1. The largest absolute Gasteiger partial charge is 0.388 e. The van der Waals surface area contributed by atoms with Gasteiger partial charge >= 0.3 is 0 Å². The topological polar surface area (TPSA) is 29.5 Å². The van der Waals surface area contributed by atoms with Gasteiger partial charge in [-0.2, -0.15) is 0 Å². The molecule has 1 aromatic rings. The molecule has 1 atom stereocenters. The van der Waals surface area contributed by atoms with Crippen molar-refractivity contribution in [3.63, 3.8) is 0 Å². The van der Waals surface area contributed by atoms with Crippen molar-refractivity contribution < 1.29 is 9.84 Å². The smallest absolute Gasteiger partial charge is 0.0791 e. The number of aliphatic hydroxyl groups excluding tert-OH is 1. The van der Waals surface area contributed by atoms with E-state index in [9.17, 15) is 5.11 Å². The summed E-state index contributed by atoms with van der Waals surface area (Å²) < 4.78 is 4.96. The Labute approximate surface area is 91.9 Å². The standard InChI is InChI=1S/C13H20O2/c1-3-11-6-4-7-12(10-11)13(14)8-5-9-15-2/h4,6-7,10,13-14H,3,5,8-9H2,1-2H3. The molecule has 0 aliphatic rings. The van der Waals surface area contributed by atoms with Gasteiger partial charge < -0.3 is 9.84 Å². The Morgan fingerprint density at radius 2 is 2.20 bits per heavy atom. The zero-order valence-electron chi connectivity index (χ0n) is 9.57. The third-order valence-corrected chi connectivity index (χ3v) is 2.57. The van der Waals surface area contributed by atoms with Crippen molar-refractivity contribution in [2.75, 3.05) is 13.7 Å². The van der Waals surface area contributed by atoms with E-state index in [1.807, 2.05) is 12.1 Å². The molecule has 1 aromatic carbocycles. The van der Waals surface area contributed by atoms with Gasteiger partial charge in [0.2, 0.25) is 0 Å². The molecule has 0 saturated carbocycles. The Morgan fingerprint density at radius 3 is 2.87 bits per heavy atom. The molecule has 0 aliphatic heterocycles. The van der Waals surface area contributed by atoms with Crippen LogP contribution in [0.3, 0.4) is 0 Å². The molecule has 0 heterocycles. The molecule has 15 heavy (non-hydrogen) atoms. The summed E-state index contributed by atoms with van der Waals surface area (Å²) in [5.74, 6) is 0. The van der Waals surface area contributed by atoms with E-state index in [0.717, 1.165) is 24.8 Å². The van der Waals surface area contributed by atoms with E-state index in [4.69, 9.17) is 4.74 Å². The van der Waals surface area contributed by atoms with Crippen LogP contribution in [0.4, 0.5) is 0 Å². The van der Waals surface area contributed by atoms with Crippen molar-refractivity contribution in [2.24, 2.45) is 0 Å². The molecule has 0 aromatic heterocycles. The number of hydrogen-bond donors (Lipinski definition) is 1. The Hall–Kier alpha value is -0.860. The summed E-state index contributed by atoms with van der Waals surface area (Å²) in [4.78, 5) is 0. The van der Waals surface area contributed by atoms with Crippen LogP contribution in [-0.2, 0) is 11.2 Å². The van der Waals surface area contributed by atoms with Crippen LogP contribution >= 0.6 is 0 Å². The second-order valence-corrected chi connectivity index (χ2v) is 3.75. The number of aliphatic hydroxyl groups is 1. The van der Waals surface area contributed by atoms with Gasteiger partial charge in [-0.05, 0) is 30.4 Å². The highest BCUT2D eigenvalue weighted by Gasteiger charge is 2.06. The lowest BCUT2D eigenvalue weighted by Crippen LogP contribution is -2.00. The Bertz CT molecular complexity index is 284. The van der Waals surface area contributed by atoms with E-state index < -0.39 is 0 Å². The third-order valence-electron chi connectivity index (χ3n) is 2.57. The summed E-state index contributed by atoms with van der Waals surface area (Å²) in [5.41, 5.74) is 2.30. The zero-order chi connectivity index (χ0) is 11.1. The first-order valence-corrected chi connectivity index (χ1v) is 5.53. The summed E-state index contributed by atoms with van der Waals surface area (Å²) in [6.45, 7) is 2.83. The van der Waals surface area contributed by atoms with Gasteiger partial charge in [0.25, 0.3) is 0 Å². The first-order chi connectivity index (χ1) is 7.27. The number of aryl methyl sites for hydroxylation is 1. The fourth-order valence-corrected chi connectivity index (χ4v) is 1.61. The number of ether oxygens (including phenoxy) is 1. The van der Waals surface area contributed by atoms with Crippen LogP contribution in [0.1, 0.15) is 37.0 Å². The molecule has 1 N–H and O–H groups in total. The molecule has 1 unspecified atom stereocenters. The average molecular weight is 208 g/mol. The lowest BCUT2D eigenvalue weighted by Gasteiger charge is -2.11. The fraction of sp³-hybridized carbons (Fsp3) is 0.538. The van der Waals surface area contributed by atoms with Crippen LogP contribution in [0, 0.1) is 0 Å². The predicted octanol–water partition coefficient (Wildman–Crippen LogP) is 2.71. The molecule has 0 spiro atoms. The fourth-order valence-electron chi connectivity index (χ4n) is 1.61. The summed E-state index contributed by atoms with van der Waals surface area (Å²) in [7, 11) is 1.68. The summed E-state index contributed by atoms with van der Waals surface area (Å²) in [5, 5.41) is 9.91. The van der Waals surface area contributed by atoms with Crippen LogP contribution in [0.2, 0.25) is 0 Å². The van der Waals surface area contributed by atoms with Crippen LogP contribution in [0.5, 0.6) is 0 Å². The van der Waals surface area contributed by atoms with Gasteiger partial charge in [-0.3, -0.25) is 0 Å². The maximum atomic E-state index is 9.91. The van der Waals surface area contributed by atoms with Gasteiger partial charge in [-0.1, -0.05) is 31.2 Å². The Morgan fingerprint density at radius 1 is 1.40 bits per heavy atom. The van der Waals surface area contributed by atoms with Gasteiger partial charge in [0.15, 0.2) is 0 Å². The van der Waals surface area contributed by atoms with E-state index in [1.165, 1.54) is 5.56 Å². The SMILES string of the molecule is CCc1cccc(C(O)CCCOC)c1. The van der Waals surface area contributed by atoms with Gasteiger partial charge in [0, 0.05) is 13.7 Å². The molecule has 84 valence electrons. The molecule has 0 fully saturated rings. The minimum atomic E-state index is -0.355. The lowest BCUT2D eigenvalue weighted by atomic mass is 10.0. The van der Waals surface area contributed by atoms with Crippen molar-refractivity contribution in [3.05, 3.63) is 35.4 Å². The maximum absolute atomic E-state index is 9.91. The average Bonchev–Trinajstić information content (AvgIpc) is 2.29. The van der Waals surface area contributed by atoms with Crippen LogP contribution in [0.25, 0.3) is 0 Å². The van der Waals surface area contributed by atoms with E-state index >= 15 is 0 Å². The van der Waals surface area contributed by atoms with Crippen LogP contribution in [0.15, 0.2) is 24.3 Å². The summed E-state index contributed by atoms with van der Waals surface area (Å²) in [6.07, 6.45) is 2.32.